The average Bonchev–Trinajstić information content (AvgIpc) is 2.46. The Morgan fingerprint density at radius 1 is 1.17 bits per heavy atom. The molecule has 0 radical (unpaired) electrons. The average molecular weight is 242 g/mol. The van der Waals surface area contributed by atoms with Gasteiger partial charge in [0.25, 0.3) is 0 Å². The molecule has 1 atom stereocenters. The maximum atomic E-state index is 5.93. The number of pyridine rings is 1. The van der Waals surface area contributed by atoms with E-state index in [1.54, 1.807) is 6.20 Å². The van der Waals surface area contributed by atoms with E-state index in [0.717, 1.165) is 17.5 Å². The number of aromatic nitrogens is 1. The Morgan fingerprint density at radius 3 is 2.56 bits per heavy atom. The molecule has 18 heavy (non-hydrogen) atoms. The van der Waals surface area contributed by atoms with Crippen molar-refractivity contribution in [3.8, 4) is 5.88 Å². The molecule has 2 aromatic rings. The first-order valence-electron chi connectivity index (χ1n) is 6.18. The lowest BCUT2D eigenvalue weighted by Gasteiger charge is -2.10. The monoisotopic (exact) mass is 242 g/mol. The summed E-state index contributed by atoms with van der Waals surface area (Å²) < 4.78 is 5.61. The normalized spacial score (nSPS) is 12.1. The highest BCUT2D eigenvalue weighted by Gasteiger charge is 2.04. The van der Waals surface area contributed by atoms with Crippen LogP contribution in [0.1, 0.15) is 30.5 Å². The number of rotatable bonds is 5. The van der Waals surface area contributed by atoms with Gasteiger partial charge in [0.1, 0.15) is 6.61 Å². The molecule has 2 N–H and O–H groups in total. The van der Waals surface area contributed by atoms with E-state index in [-0.39, 0.29) is 6.04 Å². The van der Waals surface area contributed by atoms with E-state index in [2.05, 4.69) is 11.9 Å². The van der Waals surface area contributed by atoms with E-state index in [0.29, 0.717) is 12.5 Å². The lowest BCUT2D eigenvalue weighted by atomic mass is 10.1. The van der Waals surface area contributed by atoms with Gasteiger partial charge in [0.15, 0.2) is 0 Å². The summed E-state index contributed by atoms with van der Waals surface area (Å²) in [6, 6.07) is 13.9. The highest BCUT2D eigenvalue weighted by Crippen LogP contribution is 2.16. The first kappa shape index (κ1) is 12.6. The van der Waals surface area contributed by atoms with Gasteiger partial charge in [-0.2, -0.15) is 0 Å². The van der Waals surface area contributed by atoms with Gasteiger partial charge in [-0.1, -0.05) is 43.3 Å². The van der Waals surface area contributed by atoms with Gasteiger partial charge in [-0.05, 0) is 17.5 Å². The summed E-state index contributed by atoms with van der Waals surface area (Å²) >= 11 is 0. The fraction of sp³-hybridized carbons (Fsp3) is 0.267. The molecule has 0 aliphatic carbocycles. The van der Waals surface area contributed by atoms with Gasteiger partial charge >= 0.3 is 0 Å². The summed E-state index contributed by atoms with van der Waals surface area (Å²) in [5, 5.41) is 0. The fourth-order valence-electron chi connectivity index (χ4n) is 1.66. The number of nitrogens with two attached hydrogens (primary N) is 1. The lowest BCUT2D eigenvalue weighted by Crippen LogP contribution is -2.09. The zero-order chi connectivity index (χ0) is 12.8. The molecule has 0 bridgehead atoms. The molecule has 94 valence electrons. The molecule has 0 unspecified atom stereocenters. The second-order valence-corrected chi connectivity index (χ2v) is 4.22. The van der Waals surface area contributed by atoms with Gasteiger partial charge in [-0.3, -0.25) is 0 Å². The lowest BCUT2D eigenvalue weighted by molar-refractivity contribution is 0.293. The molecule has 1 heterocycles. The predicted octanol–water partition coefficient (Wildman–Crippen LogP) is 3.07. The van der Waals surface area contributed by atoms with Crippen LogP contribution in [-0.4, -0.2) is 4.98 Å². The van der Waals surface area contributed by atoms with Crippen molar-refractivity contribution in [3.05, 3.63) is 59.8 Å². The van der Waals surface area contributed by atoms with Gasteiger partial charge in [-0.25, -0.2) is 4.98 Å². The van der Waals surface area contributed by atoms with E-state index < -0.39 is 0 Å². The highest BCUT2D eigenvalue weighted by molar-refractivity contribution is 5.21. The van der Waals surface area contributed by atoms with Crippen LogP contribution >= 0.6 is 0 Å². The summed E-state index contributed by atoms with van der Waals surface area (Å²) in [6.45, 7) is 2.59. The van der Waals surface area contributed by atoms with Crippen LogP contribution in [0.5, 0.6) is 5.88 Å². The topological polar surface area (TPSA) is 48.1 Å². The van der Waals surface area contributed by atoms with Crippen LogP contribution in [0, 0.1) is 0 Å². The van der Waals surface area contributed by atoms with Crippen molar-refractivity contribution in [2.24, 2.45) is 5.73 Å². The fourth-order valence-corrected chi connectivity index (χ4v) is 1.66. The van der Waals surface area contributed by atoms with E-state index >= 15 is 0 Å². The zero-order valence-corrected chi connectivity index (χ0v) is 10.5. The Balaban J connectivity index is 1.94. The molecule has 0 aliphatic heterocycles. The number of ether oxygens (including phenoxy) is 1. The van der Waals surface area contributed by atoms with Gasteiger partial charge < -0.3 is 10.5 Å². The van der Waals surface area contributed by atoms with Crippen molar-refractivity contribution < 1.29 is 4.74 Å². The van der Waals surface area contributed by atoms with Crippen molar-refractivity contribution in [3.63, 3.8) is 0 Å². The molecule has 3 heteroatoms. The molecule has 0 saturated heterocycles. The molecule has 3 nitrogen and oxygen atoms in total. The summed E-state index contributed by atoms with van der Waals surface area (Å²) in [5.74, 6) is 0.630. The van der Waals surface area contributed by atoms with E-state index in [4.69, 9.17) is 10.5 Å². The van der Waals surface area contributed by atoms with Gasteiger partial charge in [-0.15, -0.1) is 0 Å². The van der Waals surface area contributed by atoms with Crippen LogP contribution in [0.25, 0.3) is 0 Å². The number of hydrogen-bond acceptors (Lipinski definition) is 3. The molecule has 0 spiro atoms. The summed E-state index contributed by atoms with van der Waals surface area (Å²) in [6.07, 6.45) is 2.69. The molecule has 1 aromatic carbocycles. The first-order valence-corrected chi connectivity index (χ1v) is 6.18. The molecule has 0 saturated carbocycles. The Kier molecular flexibility index (Phi) is 4.31. The maximum Gasteiger partial charge on any atom is 0.213 e. The van der Waals surface area contributed by atoms with Gasteiger partial charge in [0, 0.05) is 18.3 Å². The minimum Gasteiger partial charge on any atom is -0.473 e. The summed E-state index contributed by atoms with van der Waals surface area (Å²) in [4.78, 5) is 4.26. The van der Waals surface area contributed by atoms with Crippen LogP contribution < -0.4 is 10.5 Å². The molecule has 0 amide bonds. The van der Waals surface area contributed by atoms with Crippen molar-refractivity contribution in [2.45, 2.75) is 26.0 Å². The third-order valence-electron chi connectivity index (χ3n) is 2.86. The van der Waals surface area contributed by atoms with E-state index in [1.165, 1.54) is 0 Å². The third-order valence-corrected chi connectivity index (χ3v) is 2.86. The molecule has 1 aromatic heterocycles. The smallest absolute Gasteiger partial charge is 0.213 e. The second-order valence-electron chi connectivity index (χ2n) is 4.22. The summed E-state index contributed by atoms with van der Waals surface area (Å²) in [7, 11) is 0. The Morgan fingerprint density at radius 2 is 1.94 bits per heavy atom. The van der Waals surface area contributed by atoms with Gasteiger partial charge in [0.05, 0.1) is 0 Å². The largest absolute Gasteiger partial charge is 0.473 e. The zero-order valence-electron chi connectivity index (χ0n) is 10.5. The van der Waals surface area contributed by atoms with Crippen LogP contribution in [0.15, 0.2) is 48.7 Å². The quantitative estimate of drug-likeness (QED) is 0.876. The van der Waals surface area contributed by atoms with Crippen LogP contribution in [-0.2, 0) is 6.61 Å². The van der Waals surface area contributed by atoms with Crippen molar-refractivity contribution >= 4 is 0 Å². The van der Waals surface area contributed by atoms with E-state index in [9.17, 15) is 0 Å². The van der Waals surface area contributed by atoms with Crippen molar-refractivity contribution in [1.29, 1.82) is 0 Å². The molecule has 0 fully saturated rings. The number of hydrogen-bond donors (Lipinski definition) is 1. The van der Waals surface area contributed by atoms with Gasteiger partial charge in [0.2, 0.25) is 5.88 Å². The van der Waals surface area contributed by atoms with Crippen LogP contribution in [0.4, 0.5) is 0 Å². The molecular formula is C15H18N2O. The second kappa shape index (κ2) is 6.17. The van der Waals surface area contributed by atoms with Crippen molar-refractivity contribution in [2.75, 3.05) is 0 Å². The minimum atomic E-state index is 0.0562. The summed E-state index contributed by atoms with van der Waals surface area (Å²) in [5.41, 5.74) is 8.11. The molecular weight excluding hydrogens is 224 g/mol. The first-order chi connectivity index (χ1) is 8.79. The van der Waals surface area contributed by atoms with Crippen molar-refractivity contribution in [1.82, 2.24) is 4.98 Å². The number of benzene rings is 1. The highest BCUT2D eigenvalue weighted by atomic mass is 16.5. The molecule has 2 rings (SSSR count). The maximum absolute atomic E-state index is 5.93. The minimum absolute atomic E-state index is 0.0562. The SMILES string of the molecule is CC[C@@H](N)c1ccc(OCc2ccccc2)nc1. The Bertz CT molecular complexity index is 468. The van der Waals surface area contributed by atoms with Crippen LogP contribution in [0.2, 0.25) is 0 Å². The molecule has 0 aliphatic rings. The van der Waals surface area contributed by atoms with E-state index in [1.807, 2.05) is 42.5 Å². The standard InChI is InChI=1S/C15H18N2O/c1-2-14(16)13-8-9-15(17-10-13)18-11-12-6-4-3-5-7-12/h3-10,14H,2,11,16H2,1H3/t14-/m1/s1. The third kappa shape index (κ3) is 3.31. The Labute approximate surface area is 108 Å². The Hall–Kier alpha value is -1.87. The number of nitrogens with zero attached hydrogens (tertiary/aromatic N) is 1. The van der Waals surface area contributed by atoms with Crippen LogP contribution in [0.3, 0.4) is 0 Å². The predicted molar refractivity (Wildman–Crippen MR) is 72.2 cm³/mol.